The SMILES string of the molecule is C#CCN1C(=O)S/C(=C\c2ccc(Cl)c([N+](=O)[O-])c2)C1=O. The van der Waals surface area contributed by atoms with Crippen molar-refractivity contribution in [3.05, 3.63) is 43.8 Å². The van der Waals surface area contributed by atoms with Gasteiger partial charge in [-0.05, 0) is 29.5 Å². The highest BCUT2D eigenvalue weighted by Crippen LogP contribution is 2.33. The summed E-state index contributed by atoms with van der Waals surface area (Å²) in [5.74, 6) is 1.71. The van der Waals surface area contributed by atoms with E-state index in [4.69, 9.17) is 18.0 Å². The van der Waals surface area contributed by atoms with Gasteiger partial charge in [0.25, 0.3) is 16.8 Å². The lowest BCUT2D eigenvalue weighted by Crippen LogP contribution is -2.28. The number of rotatable bonds is 3. The smallest absolute Gasteiger partial charge is 0.268 e. The number of carbonyl (C=O) groups excluding carboxylic acids is 2. The van der Waals surface area contributed by atoms with Crippen LogP contribution in [0.2, 0.25) is 5.02 Å². The molecule has 0 radical (unpaired) electrons. The van der Waals surface area contributed by atoms with Crippen LogP contribution in [0, 0.1) is 22.5 Å². The average molecular weight is 323 g/mol. The van der Waals surface area contributed by atoms with E-state index in [0.717, 1.165) is 16.7 Å². The van der Waals surface area contributed by atoms with Crippen molar-refractivity contribution in [2.24, 2.45) is 0 Å². The number of nitro benzene ring substituents is 1. The lowest BCUT2D eigenvalue weighted by molar-refractivity contribution is -0.384. The van der Waals surface area contributed by atoms with Crippen LogP contribution in [0.25, 0.3) is 6.08 Å². The minimum absolute atomic E-state index is 0.00224. The van der Waals surface area contributed by atoms with E-state index >= 15 is 0 Å². The first-order valence-corrected chi connectivity index (χ1v) is 6.76. The van der Waals surface area contributed by atoms with E-state index < -0.39 is 16.1 Å². The van der Waals surface area contributed by atoms with Crippen molar-refractivity contribution in [2.75, 3.05) is 6.54 Å². The Morgan fingerprint density at radius 3 is 2.81 bits per heavy atom. The molecular formula is C13H7ClN2O4S. The first-order chi connectivity index (χ1) is 9.93. The highest BCUT2D eigenvalue weighted by molar-refractivity contribution is 8.18. The zero-order valence-electron chi connectivity index (χ0n) is 10.4. The number of thioether (sulfide) groups is 1. The van der Waals surface area contributed by atoms with Crippen LogP contribution in [0.5, 0.6) is 0 Å². The number of halogens is 1. The van der Waals surface area contributed by atoms with Crippen molar-refractivity contribution >= 4 is 46.3 Å². The van der Waals surface area contributed by atoms with Gasteiger partial charge in [0.1, 0.15) is 5.02 Å². The molecule has 1 saturated heterocycles. The number of nitrogens with zero attached hydrogens (tertiary/aromatic N) is 2. The van der Waals surface area contributed by atoms with Crippen molar-refractivity contribution in [3.63, 3.8) is 0 Å². The van der Waals surface area contributed by atoms with Crippen molar-refractivity contribution in [1.82, 2.24) is 4.90 Å². The summed E-state index contributed by atoms with van der Waals surface area (Å²) in [5.41, 5.74) is 0.130. The fourth-order valence-corrected chi connectivity index (χ4v) is 2.66. The molecule has 0 atom stereocenters. The highest BCUT2D eigenvalue weighted by atomic mass is 35.5. The Kier molecular flexibility index (Phi) is 4.31. The van der Waals surface area contributed by atoms with Gasteiger partial charge < -0.3 is 0 Å². The number of hydrogen-bond donors (Lipinski definition) is 0. The van der Waals surface area contributed by atoms with Gasteiger partial charge in [0.15, 0.2) is 0 Å². The summed E-state index contributed by atoms with van der Waals surface area (Å²) in [6.07, 6.45) is 6.48. The number of imide groups is 1. The van der Waals surface area contributed by atoms with Gasteiger partial charge in [-0.25, -0.2) is 0 Å². The predicted octanol–water partition coefficient (Wildman–Crippen LogP) is 2.92. The maximum absolute atomic E-state index is 12.0. The topological polar surface area (TPSA) is 80.5 Å². The fourth-order valence-electron chi connectivity index (χ4n) is 1.64. The molecule has 1 heterocycles. The average Bonchev–Trinajstić information content (AvgIpc) is 2.69. The van der Waals surface area contributed by atoms with Crippen LogP contribution in [-0.4, -0.2) is 27.5 Å². The van der Waals surface area contributed by atoms with E-state index in [1.165, 1.54) is 24.3 Å². The molecule has 8 heteroatoms. The summed E-state index contributed by atoms with van der Waals surface area (Å²) >= 11 is 6.44. The molecule has 1 aromatic carbocycles. The van der Waals surface area contributed by atoms with Crippen molar-refractivity contribution in [1.29, 1.82) is 0 Å². The molecule has 0 bridgehead atoms. The summed E-state index contributed by atoms with van der Waals surface area (Å²) < 4.78 is 0. The maximum atomic E-state index is 12.0. The minimum Gasteiger partial charge on any atom is -0.268 e. The van der Waals surface area contributed by atoms with Crippen LogP contribution in [-0.2, 0) is 4.79 Å². The maximum Gasteiger partial charge on any atom is 0.294 e. The third-order valence-electron chi connectivity index (χ3n) is 2.59. The monoisotopic (exact) mass is 322 g/mol. The van der Waals surface area contributed by atoms with Crippen LogP contribution in [0.15, 0.2) is 23.1 Å². The lowest BCUT2D eigenvalue weighted by atomic mass is 10.2. The van der Waals surface area contributed by atoms with E-state index in [-0.39, 0.29) is 22.2 Å². The predicted molar refractivity (Wildman–Crippen MR) is 79.6 cm³/mol. The van der Waals surface area contributed by atoms with Gasteiger partial charge in [-0.3, -0.25) is 24.6 Å². The van der Waals surface area contributed by atoms with Gasteiger partial charge in [-0.15, -0.1) is 6.42 Å². The fraction of sp³-hybridized carbons (Fsp3) is 0.0769. The first kappa shape index (κ1) is 15.1. The zero-order valence-corrected chi connectivity index (χ0v) is 12.0. The van der Waals surface area contributed by atoms with Gasteiger partial charge in [0.05, 0.1) is 16.4 Å². The lowest BCUT2D eigenvalue weighted by Gasteiger charge is -2.06. The second-order valence-electron chi connectivity index (χ2n) is 3.94. The second kappa shape index (κ2) is 5.99. The Balaban J connectivity index is 2.35. The third-order valence-corrected chi connectivity index (χ3v) is 3.81. The normalized spacial score (nSPS) is 16.4. The van der Waals surface area contributed by atoms with Crippen LogP contribution in [0.3, 0.4) is 0 Å². The second-order valence-corrected chi connectivity index (χ2v) is 5.34. The van der Waals surface area contributed by atoms with Crippen molar-refractivity contribution < 1.29 is 14.5 Å². The summed E-state index contributed by atoms with van der Waals surface area (Å²) in [7, 11) is 0. The van der Waals surface area contributed by atoms with E-state index in [1.54, 1.807) is 0 Å². The summed E-state index contributed by atoms with van der Waals surface area (Å²) in [6, 6.07) is 4.11. The van der Waals surface area contributed by atoms with E-state index in [9.17, 15) is 19.7 Å². The molecule has 0 spiro atoms. The standard InChI is InChI=1S/C13H7ClN2O4S/c1-2-5-15-12(17)11(21-13(15)18)7-8-3-4-9(14)10(6-8)16(19)20/h1,3-4,6-7H,5H2/b11-7-. The van der Waals surface area contributed by atoms with Crippen LogP contribution < -0.4 is 0 Å². The van der Waals surface area contributed by atoms with Gasteiger partial charge in [-0.1, -0.05) is 23.6 Å². The quantitative estimate of drug-likeness (QED) is 0.370. The summed E-state index contributed by atoms with van der Waals surface area (Å²) in [4.78, 5) is 34.8. The number of carbonyl (C=O) groups is 2. The molecule has 1 aromatic rings. The molecule has 2 amide bonds. The molecule has 106 valence electrons. The Morgan fingerprint density at radius 1 is 1.48 bits per heavy atom. The summed E-state index contributed by atoms with van der Waals surface area (Å²) in [6.45, 7) is -0.108. The molecule has 1 aliphatic rings. The zero-order chi connectivity index (χ0) is 15.6. The molecule has 6 nitrogen and oxygen atoms in total. The van der Waals surface area contributed by atoms with E-state index in [0.29, 0.717) is 5.56 Å². The molecule has 0 unspecified atom stereocenters. The van der Waals surface area contributed by atoms with E-state index in [2.05, 4.69) is 5.92 Å². The number of benzene rings is 1. The third kappa shape index (κ3) is 3.07. The molecule has 1 fully saturated rings. The minimum atomic E-state index is -0.621. The van der Waals surface area contributed by atoms with Gasteiger partial charge in [-0.2, -0.15) is 0 Å². The number of terminal acetylenes is 1. The van der Waals surface area contributed by atoms with Gasteiger partial charge in [0, 0.05) is 6.07 Å². The van der Waals surface area contributed by atoms with Crippen LogP contribution in [0.1, 0.15) is 5.56 Å². The summed E-state index contributed by atoms with van der Waals surface area (Å²) in [5, 5.41) is 10.3. The van der Waals surface area contributed by atoms with E-state index in [1.807, 2.05) is 0 Å². The number of amides is 2. The molecule has 2 rings (SSSR count). The van der Waals surface area contributed by atoms with Crippen molar-refractivity contribution in [2.45, 2.75) is 0 Å². The Hall–Kier alpha value is -2.30. The molecule has 0 aliphatic carbocycles. The van der Waals surface area contributed by atoms with Gasteiger partial charge >= 0.3 is 0 Å². The molecule has 0 aromatic heterocycles. The first-order valence-electron chi connectivity index (χ1n) is 5.57. The molecule has 0 N–H and O–H groups in total. The molecular weight excluding hydrogens is 316 g/mol. The molecule has 21 heavy (non-hydrogen) atoms. The Labute approximate surface area is 128 Å². The van der Waals surface area contributed by atoms with Gasteiger partial charge in [0.2, 0.25) is 0 Å². The van der Waals surface area contributed by atoms with Crippen LogP contribution >= 0.6 is 23.4 Å². The largest absolute Gasteiger partial charge is 0.294 e. The number of hydrogen-bond acceptors (Lipinski definition) is 5. The van der Waals surface area contributed by atoms with Crippen LogP contribution in [0.4, 0.5) is 10.5 Å². The highest BCUT2D eigenvalue weighted by Gasteiger charge is 2.34. The van der Waals surface area contributed by atoms with Crippen molar-refractivity contribution in [3.8, 4) is 12.3 Å². The number of nitro groups is 1. The molecule has 0 saturated carbocycles. The Morgan fingerprint density at radius 2 is 2.19 bits per heavy atom. The Bertz CT molecular complexity index is 723. The molecule has 1 aliphatic heterocycles.